The number of aliphatic hydroxyl groups excluding tert-OH is 7. The molecule has 5 rings (SSSR count). The number of hydrogen-bond donors (Lipinski definition) is 10. The molecule has 2 saturated heterocycles. The summed E-state index contributed by atoms with van der Waals surface area (Å²) in [5, 5.41) is 102. The van der Waals surface area contributed by atoms with E-state index in [0.717, 1.165) is 6.07 Å². The average Bonchev–Trinajstić information content (AvgIpc) is 2.97. The van der Waals surface area contributed by atoms with Crippen molar-refractivity contribution in [2.45, 2.75) is 55.3 Å². The van der Waals surface area contributed by atoms with E-state index in [1.807, 2.05) is 0 Å². The van der Waals surface area contributed by atoms with Crippen molar-refractivity contribution in [3.05, 3.63) is 40.6 Å². The van der Waals surface area contributed by atoms with E-state index in [-0.39, 0.29) is 17.1 Å². The molecule has 2 aromatic carbocycles. The van der Waals surface area contributed by atoms with Crippen molar-refractivity contribution in [2.75, 3.05) is 13.2 Å². The van der Waals surface area contributed by atoms with Crippen LogP contribution in [0.4, 0.5) is 0 Å². The summed E-state index contributed by atoms with van der Waals surface area (Å²) in [4.78, 5) is 13.3. The maximum absolute atomic E-state index is 13.3. The van der Waals surface area contributed by atoms with Gasteiger partial charge < -0.3 is 74.4 Å². The van der Waals surface area contributed by atoms with Gasteiger partial charge in [-0.2, -0.15) is 0 Å². The third-order valence-corrected chi connectivity index (χ3v) is 6.96. The first-order valence-corrected chi connectivity index (χ1v) is 12.6. The summed E-state index contributed by atoms with van der Waals surface area (Å²) < 4.78 is 27.3. The maximum atomic E-state index is 13.3. The highest BCUT2D eigenvalue weighted by Gasteiger charge is 2.46. The number of benzene rings is 2. The summed E-state index contributed by atoms with van der Waals surface area (Å²) in [7, 11) is 0. The number of aromatic hydroxyl groups is 3. The van der Waals surface area contributed by atoms with Gasteiger partial charge in [-0.15, -0.1) is 0 Å². The summed E-state index contributed by atoms with van der Waals surface area (Å²) in [6.07, 6.45) is -15.8. The zero-order chi connectivity index (χ0) is 30.5. The van der Waals surface area contributed by atoms with Crippen molar-refractivity contribution < 1.29 is 74.4 Å². The Bertz CT molecular complexity index is 1490. The molecule has 42 heavy (non-hydrogen) atoms. The Morgan fingerprint density at radius 1 is 0.786 bits per heavy atom. The molecular formula is C26H28O16. The number of phenolic OH excluding ortho intramolecular Hbond substituents is 3. The molecule has 0 amide bonds. The Kier molecular flexibility index (Phi) is 8.17. The van der Waals surface area contributed by atoms with Crippen molar-refractivity contribution in [1.82, 2.24) is 0 Å². The Balaban J connectivity index is 1.66. The van der Waals surface area contributed by atoms with Gasteiger partial charge in [-0.05, 0) is 24.3 Å². The van der Waals surface area contributed by atoms with E-state index < -0.39 is 108 Å². The normalized spacial score (nSPS) is 31.6. The van der Waals surface area contributed by atoms with Crippen LogP contribution in [-0.4, -0.2) is 120 Å². The smallest absolute Gasteiger partial charge is 0.229 e. The van der Waals surface area contributed by atoms with Gasteiger partial charge in [0.2, 0.25) is 29.8 Å². The molecule has 228 valence electrons. The lowest BCUT2D eigenvalue weighted by Gasteiger charge is -2.39. The molecule has 0 unspecified atom stereocenters. The maximum Gasteiger partial charge on any atom is 0.229 e. The van der Waals surface area contributed by atoms with E-state index in [1.165, 1.54) is 24.3 Å². The Labute approximate surface area is 235 Å². The van der Waals surface area contributed by atoms with Crippen LogP contribution in [0.2, 0.25) is 0 Å². The van der Waals surface area contributed by atoms with Gasteiger partial charge in [-0.25, -0.2) is 0 Å². The van der Waals surface area contributed by atoms with Gasteiger partial charge >= 0.3 is 0 Å². The highest BCUT2D eigenvalue weighted by atomic mass is 16.7. The highest BCUT2D eigenvalue weighted by Crippen LogP contribution is 2.51. The lowest BCUT2D eigenvalue weighted by atomic mass is 9.99. The first kappa shape index (κ1) is 29.8. The van der Waals surface area contributed by atoms with Crippen molar-refractivity contribution in [3.63, 3.8) is 0 Å². The molecule has 16 heteroatoms. The second kappa shape index (κ2) is 11.5. The van der Waals surface area contributed by atoms with E-state index >= 15 is 0 Å². The number of fused-ring (bicyclic) bond motifs is 1. The number of aliphatic hydroxyl groups is 7. The monoisotopic (exact) mass is 596 g/mol. The standard InChI is InChI=1S/C26H28O16/c27-6-13-16(32)18(34)20(36)26(40-13)42-24-21(37)23(41-25-19(35)15(31)11(30)7-38-25)17(33)14-10(29)5-12(39-22(14)24)8-1-3-9(28)4-2-8/h1-5,11,13,15-16,18-20,25-28,30-37H,6-7H2/t11-,13-,15-,16-,18+,19+,20+,25-,26+/m1/s1. The zero-order valence-corrected chi connectivity index (χ0v) is 21.4. The van der Waals surface area contributed by atoms with Gasteiger partial charge in [0.15, 0.2) is 16.8 Å². The predicted molar refractivity (Wildman–Crippen MR) is 136 cm³/mol. The number of phenols is 3. The third kappa shape index (κ3) is 5.19. The Morgan fingerprint density at radius 2 is 1.43 bits per heavy atom. The number of rotatable bonds is 6. The minimum absolute atomic E-state index is 0.0876. The summed E-state index contributed by atoms with van der Waals surface area (Å²) in [5.74, 6) is -3.99. The fourth-order valence-corrected chi connectivity index (χ4v) is 4.58. The molecule has 1 aromatic heterocycles. The van der Waals surface area contributed by atoms with Gasteiger partial charge in [0.1, 0.15) is 59.6 Å². The second-order valence-electron chi connectivity index (χ2n) is 9.76. The van der Waals surface area contributed by atoms with E-state index in [9.17, 15) is 55.9 Å². The summed E-state index contributed by atoms with van der Waals surface area (Å²) >= 11 is 0. The van der Waals surface area contributed by atoms with Crippen molar-refractivity contribution in [1.29, 1.82) is 0 Å². The van der Waals surface area contributed by atoms with Gasteiger partial charge in [0.25, 0.3) is 0 Å². The third-order valence-electron chi connectivity index (χ3n) is 6.96. The first-order chi connectivity index (χ1) is 19.9. The Morgan fingerprint density at radius 3 is 2.10 bits per heavy atom. The lowest BCUT2D eigenvalue weighted by molar-refractivity contribution is -0.277. The molecule has 0 spiro atoms. The van der Waals surface area contributed by atoms with Crippen LogP contribution >= 0.6 is 0 Å². The lowest BCUT2D eigenvalue weighted by Crippen LogP contribution is -2.60. The largest absolute Gasteiger partial charge is 0.508 e. The number of hydrogen-bond acceptors (Lipinski definition) is 16. The van der Waals surface area contributed by atoms with Crippen LogP contribution < -0.4 is 14.9 Å². The van der Waals surface area contributed by atoms with Crippen LogP contribution in [0, 0.1) is 0 Å². The van der Waals surface area contributed by atoms with Gasteiger partial charge in [0, 0.05) is 11.6 Å². The van der Waals surface area contributed by atoms with E-state index in [2.05, 4.69) is 0 Å². The quantitative estimate of drug-likeness (QED) is 0.142. The summed E-state index contributed by atoms with van der Waals surface area (Å²) in [6.45, 7) is -1.32. The minimum Gasteiger partial charge on any atom is -0.508 e. The topological polar surface area (TPSA) is 269 Å². The van der Waals surface area contributed by atoms with E-state index in [1.54, 1.807) is 0 Å². The molecule has 0 aliphatic carbocycles. The van der Waals surface area contributed by atoms with Crippen LogP contribution in [-0.2, 0) is 9.47 Å². The Hall–Kier alpha value is -3.71. The molecule has 3 heterocycles. The van der Waals surface area contributed by atoms with Crippen LogP contribution in [0.3, 0.4) is 0 Å². The van der Waals surface area contributed by atoms with Gasteiger partial charge in [-0.1, -0.05) is 0 Å². The van der Waals surface area contributed by atoms with E-state index in [4.69, 9.17) is 23.4 Å². The van der Waals surface area contributed by atoms with E-state index in [0.29, 0.717) is 0 Å². The molecule has 0 radical (unpaired) electrons. The van der Waals surface area contributed by atoms with Crippen molar-refractivity contribution in [2.24, 2.45) is 0 Å². The molecule has 0 saturated carbocycles. The van der Waals surface area contributed by atoms with Crippen LogP contribution in [0.5, 0.6) is 28.7 Å². The summed E-state index contributed by atoms with van der Waals surface area (Å²) in [6, 6.07) is 6.38. The predicted octanol–water partition coefficient (Wildman–Crippen LogP) is -2.43. The molecule has 2 fully saturated rings. The average molecular weight is 596 g/mol. The second-order valence-corrected chi connectivity index (χ2v) is 9.76. The molecule has 3 aromatic rings. The molecule has 16 nitrogen and oxygen atoms in total. The molecule has 10 N–H and O–H groups in total. The van der Waals surface area contributed by atoms with Crippen LogP contribution in [0.25, 0.3) is 22.3 Å². The number of ether oxygens (including phenoxy) is 4. The molecule has 0 bridgehead atoms. The highest BCUT2D eigenvalue weighted by molar-refractivity contribution is 5.95. The fourth-order valence-electron chi connectivity index (χ4n) is 4.58. The van der Waals surface area contributed by atoms with Crippen LogP contribution in [0.1, 0.15) is 0 Å². The molecule has 9 atom stereocenters. The first-order valence-electron chi connectivity index (χ1n) is 12.6. The minimum atomic E-state index is -1.97. The summed E-state index contributed by atoms with van der Waals surface area (Å²) in [5.41, 5.74) is -1.23. The zero-order valence-electron chi connectivity index (χ0n) is 21.4. The van der Waals surface area contributed by atoms with Crippen molar-refractivity contribution in [3.8, 4) is 40.1 Å². The molecular weight excluding hydrogens is 568 g/mol. The molecule has 2 aliphatic rings. The van der Waals surface area contributed by atoms with Crippen LogP contribution in [0.15, 0.2) is 39.5 Å². The van der Waals surface area contributed by atoms with Gasteiger partial charge in [0.05, 0.1) is 13.2 Å². The fraction of sp³-hybridized carbons (Fsp3) is 0.423. The molecule has 2 aliphatic heterocycles. The van der Waals surface area contributed by atoms with Crippen molar-refractivity contribution >= 4 is 11.0 Å². The van der Waals surface area contributed by atoms with Gasteiger partial charge in [-0.3, -0.25) is 4.79 Å². The SMILES string of the molecule is O=c1cc(-c2ccc(O)cc2)oc2c(O[C@@H]3O[C@H](CO)[C@@H](O)[C@H](O)[C@@H]3O)c(O)c(O[C@H]3OC[C@@H](O)[C@@H](O)[C@@H]3O)c(O)c12.